The van der Waals surface area contributed by atoms with Crippen LogP contribution in [-0.4, -0.2) is 29.5 Å². The first-order valence-electron chi connectivity index (χ1n) is 14.7. The summed E-state index contributed by atoms with van der Waals surface area (Å²) in [6, 6.07) is 15.5. The van der Waals surface area contributed by atoms with Crippen molar-refractivity contribution in [1.82, 2.24) is 10.3 Å². The first-order chi connectivity index (χ1) is 19.4. The third-order valence-corrected chi connectivity index (χ3v) is 10.3. The molecule has 1 aromatic heterocycles. The molecule has 0 radical (unpaired) electrons. The van der Waals surface area contributed by atoms with Crippen LogP contribution in [0.2, 0.25) is 5.02 Å². The predicted molar refractivity (Wildman–Crippen MR) is 158 cm³/mol. The molecule has 5 nitrogen and oxygen atoms in total. The largest absolute Gasteiger partial charge is 0.452 e. The van der Waals surface area contributed by atoms with Gasteiger partial charge in [-0.3, -0.25) is 4.79 Å². The monoisotopic (exact) mass is 554 g/mol. The average molecular weight is 555 g/mol. The van der Waals surface area contributed by atoms with E-state index in [-0.39, 0.29) is 24.0 Å². The Bertz CT molecular complexity index is 1490. The van der Waals surface area contributed by atoms with Crippen LogP contribution in [-0.2, 0) is 16.0 Å². The highest BCUT2D eigenvalue weighted by atomic mass is 35.5. The lowest BCUT2D eigenvalue weighted by atomic mass is 9.48. The number of carbonyl (C=O) groups is 2. The van der Waals surface area contributed by atoms with Crippen LogP contribution in [0.4, 0.5) is 0 Å². The van der Waals surface area contributed by atoms with Crippen molar-refractivity contribution >= 4 is 46.0 Å². The van der Waals surface area contributed by atoms with E-state index in [1.165, 1.54) is 38.5 Å². The Morgan fingerprint density at radius 2 is 1.70 bits per heavy atom. The standard InChI is InChI=1S/C34H35ClN2O3/c1-20(34-16-22-12-23(17-34)14-24(13-22)18-34)36-30(38)19-40-33(39)31-27-4-2-3-5-29(27)37-32-25(8-11-28(31)32)15-21-6-9-26(35)10-7-21/h2-7,9-10,15,20,22-24H,8,11-14,16-19H2,1H3,(H,36,38). The molecule has 0 saturated heterocycles. The minimum Gasteiger partial charge on any atom is -0.452 e. The topological polar surface area (TPSA) is 68.3 Å². The molecule has 5 aliphatic rings. The Balaban J connectivity index is 1.09. The van der Waals surface area contributed by atoms with Gasteiger partial charge in [-0.15, -0.1) is 0 Å². The SMILES string of the molecule is CC(NC(=O)COC(=O)c1c2c(nc3ccccc13)C(=Cc1ccc(Cl)cc1)CC2)C12CC3CC(CC(C3)C1)C2. The summed E-state index contributed by atoms with van der Waals surface area (Å²) in [6.07, 6.45) is 11.4. The van der Waals surface area contributed by atoms with Gasteiger partial charge in [0.15, 0.2) is 6.61 Å². The molecule has 4 bridgehead atoms. The van der Waals surface area contributed by atoms with Crippen molar-refractivity contribution in [3.8, 4) is 0 Å². The zero-order valence-corrected chi connectivity index (χ0v) is 23.7. The normalized spacial score (nSPS) is 28.1. The quantitative estimate of drug-likeness (QED) is 0.326. The summed E-state index contributed by atoms with van der Waals surface area (Å²) in [5, 5.41) is 4.68. The van der Waals surface area contributed by atoms with Gasteiger partial charge in [-0.1, -0.05) is 41.9 Å². The maximum Gasteiger partial charge on any atom is 0.339 e. The lowest BCUT2D eigenvalue weighted by Gasteiger charge is -2.59. The van der Waals surface area contributed by atoms with Gasteiger partial charge in [-0.2, -0.15) is 0 Å². The zero-order valence-electron chi connectivity index (χ0n) is 22.9. The number of nitrogens with zero attached hydrogens (tertiary/aromatic N) is 1. The van der Waals surface area contributed by atoms with Gasteiger partial charge >= 0.3 is 5.97 Å². The number of pyridine rings is 1. The number of benzene rings is 2. The number of rotatable bonds is 6. The Morgan fingerprint density at radius 1 is 1.02 bits per heavy atom. The van der Waals surface area contributed by atoms with Crippen molar-refractivity contribution in [2.45, 2.75) is 64.3 Å². The number of amides is 1. The lowest BCUT2D eigenvalue weighted by Crippen LogP contribution is -2.56. The van der Waals surface area contributed by atoms with Crippen LogP contribution >= 0.6 is 11.6 Å². The number of ether oxygens (including phenoxy) is 1. The van der Waals surface area contributed by atoms with E-state index in [9.17, 15) is 9.59 Å². The van der Waals surface area contributed by atoms with Crippen LogP contribution in [0.5, 0.6) is 0 Å². The lowest BCUT2D eigenvalue weighted by molar-refractivity contribution is -0.128. The molecule has 0 aliphatic heterocycles. The van der Waals surface area contributed by atoms with E-state index >= 15 is 0 Å². The minimum atomic E-state index is -0.458. The maximum atomic E-state index is 13.6. The van der Waals surface area contributed by atoms with E-state index < -0.39 is 5.97 Å². The predicted octanol–water partition coefficient (Wildman–Crippen LogP) is 7.25. The van der Waals surface area contributed by atoms with Gasteiger partial charge in [-0.05, 0) is 122 Å². The second kappa shape index (κ2) is 10.0. The number of nitrogens with one attached hydrogen (secondary N) is 1. The zero-order chi connectivity index (χ0) is 27.4. The number of halogens is 1. The summed E-state index contributed by atoms with van der Waals surface area (Å²) >= 11 is 6.07. The number of aromatic nitrogens is 1. The Labute approximate surface area is 240 Å². The van der Waals surface area contributed by atoms with Gasteiger partial charge in [-0.25, -0.2) is 9.78 Å². The van der Waals surface area contributed by atoms with Gasteiger partial charge in [0.1, 0.15) is 0 Å². The summed E-state index contributed by atoms with van der Waals surface area (Å²) in [4.78, 5) is 31.5. The number of esters is 1. The number of allylic oxidation sites excluding steroid dienone is 1. The Kier molecular flexibility index (Phi) is 6.46. The Morgan fingerprint density at radius 3 is 2.40 bits per heavy atom. The fourth-order valence-corrected chi connectivity index (χ4v) is 8.75. The molecule has 4 saturated carbocycles. The molecular formula is C34H35ClN2O3. The molecule has 5 aliphatic carbocycles. The maximum absolute atomic E-state index is 13.6. The van der Waals surface area contributed by atoms with Crippen molar-refractivity contribution in [3.63, 3.8) is 0 Å². The van der Waals surface area contributed by atoms with E-state index in [0.717, 1.165) is 57.5 Å². The molecule has 4 fully saturated rings. The van der Waals surface area contributed by atoms with Gasteiger partial charge in [0, 0.05) is 16.5 Å². The molecule has 8 rings (SSSR count). The molecule has 3 aromatic rings. The van der Waals surface area contributed by atoms with Crippen LogP contribution in [0.1, 0.15) is 79.0 Å². The third-order valence-electron chi connectivity index (χ3n) is 10.1. The molecule has 40 heavy (non-hydrogen) atoms. The number of hydrogen-bond acceptors (Lipinski definition) is 4. The fraction of sp³-hybridized carbons (Fsp3) is 0.441. The minimum absolute atomic E-state index is 0.0960. The van der Waals surface area contributed by atoms with E-state index in [2.05, 4.69) is 18.3 Å². The number of para-hydroxylation sites is 1. The van der Waals surface area contributed by atoms with Gasteiger partial charge in [0.25, 0.3) is 5.91 Å². The second-order valence-corrected chi connectivity index (χ2v) is 13.1. The van der Waals surface area contributed by atoms with Gasteiger partial charge in [0.2, 0.25) is 0 Å². The number of hydrogen-bond donors (Lipinski definition) is 1. The molecule has 0 spiro atoms. The van der Waals surface area contributed by atoms with Crippen molar-refractivity contribution < 1.29 is 14.3 Å². The third kappa shape index (κ3) is 4.62. The molecule has 1 amide bonds. The fourth-order valence-electron chi connectivity index (χ4n) is 8.62. The average Bonchev–Trinajstić information content (AvgIpc) is 3.32. The molecule has 1 unspecified atom stereocenters. The molecular weight excluding hydrogens is 520 g/mol. The van der Waals surface area contributed by atoms with Crippen molar-refractivity contribution in [1.29, 1.82) is 0 Å². The first-order valence-corrected chi connectivity index (χ1v) is 15.1. The Hall–Kier alpha value is -3.18. The molecule has 1 N–H and O–H groups in total. The molecule has 1 atom stereocenters. The summed E-state index contributed by atoms with van der Waals surface area (Å²) in [5.74, 6) is 1.80. The molecule has 6 heteroatoms. The van der Waals surface area contributed by atoms with Gasteiger partial charge < -0.3 is 10.1 Å². The van der Waals surface area contributed by atoms with E-state index in [1.54, 1.807) is 0 Å². The van der Waals surface area contributed by atoms with Crippen LogP contribution < -0.4 is 5.32 Å². The number of carbonyl (C=O) groups excluding carboxylic acids is 2. The van der Waals surface area contributed by atoms with Crippen LogP contribution in [0, 0.1) is 23.2 Å². The second-order valence-electron chi connectivity index (χ2n) is 12.7. The van der Waals surface area contributed by atoms with Gasteiger partial charge in [0.05, 0.1) is 16.8 Å². The van der Waals surface area contributed by atoms with Crippen LogP contribution in [0.25, 0.3) is 22.6 Å². The van der Waals surface area contributed by atoms with Crippen molar-refractivity contribution in [2.75, 3.05) is 6.61 Å². The van der Waals surface area contributed by atoms with Crippen molar-refractivity contribution in [3.05, 3.63) is 75.9 Å². The molecule has 206 valence electrons. The summed E-state index contributed by atoms with van der Waals surface area (Å²) in [6.45, 7) is 1.89. The van der Waals surface area contributed by atoms with E-state index in [4.69, 9.17) is 21.3 Å². The van der Waals surface area contributed by atoms with Crippen LogP contribution in [0.15, 0.2) is 48.5 Å². The molecule has 2 aromatic carbocycles. The molecule has 1 heterocycles. The summed E-state index contributed by atoms with van der Waals surface area (Å²) < 4.78 is 5.70. The highest BCUT2D eigenvalue weighted by molar-refractivity contribution is 6.30. The summed E-state index contributed by atoms with van der Waals surface area (Å²) in [7, 11) is 0. The first kappa shape index (κ1) is 25.8. The van der Waals surface area contributed by atoms with E-state index in [1.807, 2.05) is 48.5 Å². The number of fused-ring (bicyclic) bond motifs is 2. The summed E-state index contributed by atoms with van der Waals surface area (Å²) in [5.41, 5.74) is 5.34. The smallest absolute Gasteiger partial charge is 0.339 e. The van der Waals surface area contributed by atoms with Crippen molar-refractivity contribution in [2.24, 2.45) is 23.2 Å². The highest BCUT2D eigenvalue weighted by Crippen LogP contribution is 2.61. The van der Waals surface area contributed by atoms with Crippen LogP contribution in [0.3, 0.4) is 0 Å². The van der Waals surface area contributed by atoms with E-state index in [0.29, 0.717) is 17.0 Å². The highest BCUT2D eigenvalue weighted by Gasteiger charge is 2.53.